The number of nitrogens with zero attached hydrogens (tertiary/aromatic N) is 1. The maximum absolute atomic E-state index is 3.55. The van der Waals surface area contributed by atoms with Crippen LogP contribution in [0, 0.1) is 0 Å². The minimum atomic E-state index is 0.926. The topological polar surface area (TPSA) is 25.0 Å². The predicted octanol–water partition coefficient (Wildman–Crippen LogP) is 0.726. The number of rotatable bonds is 1. The highest BCUT2D eigenvalue weighted by Crippen LogP contribution is 2.50. The summed E-state index contributed by atoms with van der Waals surface area (Å²) in [5, 5.41) is 3.55. The van der Waals surface area contributed by atoms with E-state index in [1.165, 1.54) is 32.1 Å². The quantitative estimate of drug-likeness (QED) is 0.578. The molecule has 2 nitrogen and oxygen atoms in total. The zero-order chi connectivity index (χ0) is 7.71. The van der Waals surface area contributed by atoms with E-state index in [1.807, 2.05) is 0 Å². The number of hydrogen-bond donors (Lipinski definition) is 1. The van der Waals surface area contributed by atoms with Crippen LogP contribution in [0.1, 0.15) is 32.1 Å². The molecule has 4 rings (SSSR count). The first-order valence-corrected chi connectivity index (χ1v) is 5.48. The third kappa shape index (κ3) is 0.647. The number of fused-ring (bicyclic) bond motifs is 2. The van der Waals surface area contributed by atoms with Crippen LogP contribution in [-0.2, 0) is 0 Å². The number of hydrogen-bond acceptors (Lipinski definition) is 2. The molecule has 0 bridgehead atoms. The van der Waals surface area contributed by atoms with Gasteiger partial charge in [-0.3, -0.25) is 4.90 Å². The van der Waals surface area contributed by atoms with Gasteiger partial charge in [-0.05, 0) is 19.3 Å². The summed E-state index contributed by atoms with van der Waals surface area (Å²) in [4.78, 5) is 2.81. The fourth-order valence-corrected chi connectivity index (χ4v) is 3.54. The third-order valence-corrected chi connectivity index (χ3v) is 4.39. The molecule has 0 aromatic rings. The number of likely N-dealkylation sites (tertiary alicyclic amines) is 1. The standard InChI is InChI=1S/C10H16N2/c1-2-4-8-7(3-1)12(8)9-5-6-10(9)11-6/h6-11H,1-5H2. The third-order valence-electron chi connectivity index (χ3n) is 4.39. The average Bonchev–Trinajstić information content (AvgIpc) is 2.93. The van der Waals surface area contributed by atoms with Crippen LogP contribution >= 0.6 is 0 Å². The van der Waals surface area contributed by atoms with Gasteiger partial charge in [-0.1, -0.05) is 12.8 Å². The summed E-state index contributed by atoms with van der Waals surface area (Å²) in [6.07, 6.45) is 7.44. The van der Waals surface area contributed by atoms with Gasteiger partial charge in [-0.2, -0.15) is 0 Å². The van der Waals surface area contributed by atoms with E-state index in [0.29, 0.717) is 0 Å². The van der Waals surface area contributed by atoms with Gasteiger partial charge in [0.1, 0.15) is 0 Å². The Labute approximate surface area is 73.3 Å². The van der Waals surface area contributed by atoms with Crippen molar-refractivity contribution in [2.45, 2.75) is 62.3 Å². The van der Waals surface area contributed by atoms with E-state index in [-0.39, 0.29) is 0 Å². The molecular weight excluding hydrogens is 148 g/mol. The summed E-state index contributed by atoms with van der Waals surface area (Å²) in [7, 11) is 0. The monoisotopic (exact) mass is 164 g/mol. The lowest BCUT2D eigenvalue weighted by Gasteiger charge is -2.24. The first kappa shape index (κ1) is 6.39. The van der Waals surface area contributed by atoms with Crippen molar-refractivity contribution in [3.05, 3.63) is 0 Å². The Morgan fingerprint density at radius 2 is 1.75 bits per heavy atom. The van der Waals surface area contributed by atoms with E-state index in [4.69, 9.17) is 0 Å². The molecule has 4 aliphatic rings. The summed E-state index contributed by atoms with van der Waals surface area (Å²) in [5.41, 5.74) is 0. The maximum atomic E-state index is 3.55. The number of nitrogens with one attached hydrogen (secondary N) is 1. The summed E-state index contributed by atoms with van der Waals surface area (Å²) < 4.78 is 0. The normalized spacial score (nSPS) is 66.0. The van der Waals surface area contributed by atoms with Crippen molar-refractivity contribution >= 4 is 0 Å². The zero-order valence-corrected chi connectivity index (χ0v) is 7.37. The molecule has 66 valence electrons. The molecule has 5 atom stereocenters. The lowest BCUT2D eigenvalue weighted by Crippen LogP contribution is -2.38. The molecule has 2 heterocycles. The Kier molecular flexibility index (Phi) is 0.999. The second kappa shape index (κ2) is 1.88. The molecule has 2 heteroatoms. The highest BCUT2D eigenvalue weighted by Gasteiger charge is 2.63. The van der Waals surface area contributed by atoms with Crippen LogP contribution in [0.5, 0.6) is 0 Å². The summed E-state index contributed by atoms with van der Waals surface area (Å²) in [6, 6.07) is 4.87. The van der Waals surface area contributed by atoms with Gasteiger partial charge in [0.2, 0.25) is 0 Å². The van der Waals surface area contributed by atoms with Crippen molar-refractivity contribution < 1.29 is 0 Å². The van der Waals surface area contributed by atoms with Crippen molar-refractivity contribution in [2.75, 3.05) is 0 Å². The van der Waals surface area contributed by atoms with Gasteiger partial charge < -0.3 is 5.32 Å². The minimum Gasteiger partial charge on any atom is -0.306 e. The molecule has 2 aliphatic heterocycles. The molecule has 2 saturated carbocycles. The molecule has 0 aromatic carbocycles. The molecule has 4 fully saturated rings. The molecule has 1 N–H and O–H groups in total. The molecule has 0 amide bonds. The molecule has 12 heavy (non-hydrogen) atoms. The van der Waals surface area contributed by atoms with E-state index in [9.17, 15) is 0 Å². The van der Waals surface area contributed by atoms with Crippen LogP contribution in [0.25, 0.3) is 0 Å². The summed E-state index contributed by atoms with van der Waals surface area (Å²) in [5.74, 6) is 0. The van der Waals surface area contributed by atoms with Crippen LogP contribution in [-0.4, -0.2) is 35.1 Å². The average molecular weight is 164 g/mol. The van der Waals surface area contributed by atoms with Gasteiger partial charge in [0.15, 0.2) is 0 Å². The lowest BCUT2D eigenvalue weighted by molar-refractivity contribution is 0.277. The van der Waals surface area contributed by atoms with E-state index < -0.39 is 0 Å². The molecule has 5 unspecified atom stereocenters. The van der Waals surface area contributed by atoms with Crippen LogP contribution in [0.2, 0.25) is 0 Å². The second-order valence-electron chi connectivity index (χ2n) is 4.97. The van der Waals surface area contributed by atoms with E-state index in [0.717, 1.165) is 30.2 Å². The van der Waals surface area contributed by atoms with Gasteiger partial charge in [-0.15, -0.1) is 0 Å². The van der Waals surface area contributed by atoms with E-state index in [2.05, 4.69) is 10.2 Å². The Bertz CT molecular complexity index is 216. The van der Waals surface area contributed by atoms with Gasteiger partial charge in [-0.25, -0.2) is 0 Å². The van der Waals surface area contributed by atoms with Crippen molar-refractivity contribution in [2.24, 2.45) is 0 Å². The summed E-state index contributed by atoms with van der Waals surface area (Å²) in [6.45, 7) is 0. The van der Waals surface area contributed by atoms with Gasteiger partial charge >= 0.3 is 0 Å². The van der Waals surface area contributed by atoms with Crippen molar-refractivity contribution in [1.29, 1.82) is 0 Å². The van der Waals surface area contributed by atoms with Gasteiger partial charge in [0.25, 0.3) is 0 Å². The smallest absolute Gasteiger partial charge is 0.0382 e. The highest BCUT2D eigenvalue weighted by atomic mass is 15.4. The minimum absolute atomic E-state index is 0.926. The van der Waals surface area contributed by atoms with E-state index in [1.54, 1.807) is 0 Å². The molecule has 0 radical (unpaired) electrons. The predicted molar refractivity (Wildman–Crippen MR) is 47.0 cm³/mol. The first-order valence-electron chi connectivity index (χ1n) is 5.48. The Hall–Kier alpha value is -0.0800. The molecule has 2 aliphatic carbocycles. The molecule has 0 spiro atoms. The van der Waals surface area contributed by atoms with Crippen molar-refractivity contribution in [3.63, 3.8) is 0 Å². The van der Waals surface area contributed by atoms with Crippen LogP contribution in [0.15, 0.2) is 0 Å². The van der Waals surface area contributed by atoms with Gasteiger partial charge in [0.05, 0.1) is 0 Å². The lowest BCUT2D eigenvalue weighted by atomic mass is 9.93. The van der Waals surface area contributed by atoms with Crippen LogP contribution in [0.3, 0.4) is 0 Å². The molecular formula is C10H16N2. The molecule has 0 aromatic heterocycles. The fraction of sp³-hybridized carbons (Fsp3) is 1.00. The van der Waals surface area contributed by atoms with Crippen LogP contribution < -0.4 is 5.32 Å². The maximum Gasteiger partial charge on any atom is 0.0382 e. The Morgan fingerprint density at radius 3 is 2.25 bits per heavy atom. The second-order valence-corrected chi connectivity index (χ2v) is 4.97. The van der Waals surface area contributed by atoms with E-state index >= 15 is 0 Å². The van der Waals surface area contributed by atoms with Crippen LogP contribution in [0.4, 0.5) is 0 Å². The van der Waals surface area contributed by atoms with Crippen molar-refractivity contribution in [3.8, 4) is 0 Å². The highest BCUT2D eigenvalue weighted by molar-refractivity contribution is 5.23. The molecule has 2 saturated heterocycles. The first-order chi connectivity index (χ1) is 5.95. The van der Waals surface area contributed by atoms with Crippen molar-refractivity contribution in [1.82, 2.24) is 10.2 Å². The Balaban J connectivity index is 1.50. The SMILES string of the molecule is C1CCC2C(C1)N2C1CC2NC21. The largest absolute Gasteiger partial charge is 0.306 e. The fourth-order valence-electron chi connectivity index (χ4n) is 3.54. The zero-order valence-electron chi connectivity index (χ0n) is 7.37. The Morgan fingerprint density at radius 1 is 1.00 bits per heavy atom. The summed E-state index contributed by atoms with van der Waals surface area (Å²) >= 11 is 0. The van der Waals surface area contributed by atoms with Gasteiger partial charge in [0, 0.05) is 30.2 Å².